The summed E-state index contributed by atoms with van der Waals surface area (Å²) in [6, 6.07) is -0.774. The molecule has 0 rings (SSSR count). The van der Waals surface area contributed by atoms with Gasteiger partial charge < -0.3 is 20.7 Å². The molecule has 0 heterocycles. The second-order valence-corrected chi connectivity index (χ2v) is 5.04. The molecular formula is C12H23N3O4. The highest BCUT2D eigenvalue weighted by Crippen LogP contribution is 2.06. The number of hydrogen-bond acceptors (Lipinski definition) is 4. The van der Waals surface area contributed by atoms with Crippen molar-refractivity contribution in [2.24, 2.45) is 0 Å². The number of hydrogen-bond donors (Lipinski definition) is 3. The van der Waals surface area contributed by atoms with Crippen molar-refractivity contribution < 1.29 is 19.1 Å². The van der Waals surface area contributed by atoms with Crippen molar-refractivity contribution in [2.75, 3.05) is 13.1 Å². The summed E-state index contributed by atoms with van der Waals surface area (Å²) in [5, 5.41) is 7.35. The summed E-state index contributed by atoms with van der Waals surface area (Å²) in [5.74, 6) is -0.725. The summed E-state index contributed by atoms with van der Waals surface area (Å²) < 4.78 is 5.01. The van der Waals surface area contributed by atoms with Gasteiger partial charge in [-0.15, -0.1) is 0 Å². The van der Waals surface area contributed by atoms with Gasteiger partial charge in [0.15, 0.2) is 0 Å². The van der Waals surface area contributed by atoms with Gasteiger partial charge in [-0.3, -0.25) is 9.59 Å². The van der Waals surface area contributed by atoms with E-state index in [4.69, 9.17) is 4.74 Å². The van der Waals surface area contributed by atoms with Crippen LogP contribution in [0.5, 0.6) is 0 Å². The fourth-order valence-corrected chi connectivity index (χ4v) is 1.13. The van der Waals surface area contributed by atoms with Crippen molar-refractivity contribution >= 4 is 17.9 Å². The third-order valence-electron chi connectivity index (χ3n) is 1.92. The number of nitrogens with one attached hydrogen (secondary N) is 3. The van der Waals surface area contributed by atoms with Crippen LogP contribution >= 0.6 is 0 Å². The summed E-state index contributed by atoms with van der Waals surface area (Å²) in [6.07, 6.45) is -0.673. The van der Waals surface area contributed by atoms with Crippen molar-refractivity contribution in [3.63, 3.8) is 0 Å². The largest absolute Gasteiger partial charge is 0.444 e. The summed E-state index contributed by atoms with van der Waals surface area (Å²) >= 11 is 0. The Bertz CT molecular complexity index is 336. The molecule has 0 aliphatic carbocycles. The second-order valence-electron chi connectivity index (χ2n) is 5.04. The van der Waals surface area contributed by atoms with Crippen molar-refractivity contribution in [2.45, 2.75) is 46.3 Å². The van der Waals surface area contributed by atoms with Gasteiger partial charge in [0.05, 0.1) is 6.54 Å². The van der Waals surface area contributed by atoms with Gasteiger partial charge in [0.25, 0.3) is 0 Å². The lowest BCUT2D eigenvalue weighted by Gasteiger charge is -2.21. The van der Waals surface area contributed by atoms with E-state index < -0.39 is 23.6 Å². The van der Waals surface area contributed by atoms with Gasteiger partial charge in [-0.1, -0.05) is 0 Å². The van der Waals surface area contributed by atoms with Gasteiger partial charge in [0, 0.05) is 6.54 Å². The maximum Gasteiger partial charge on any atom is 0.408 e. The molecule has 0 aromatic rings. The van der Waals surface area contributed by atoms with E-state index in [0.717, 1.165) is 0 Å². The number of carbonyl (C=O) groups is 3. The molecule has 0 aromatic heterocycles. The molecule has 0 saturated carbocycles. The Balaban J connectivity index is 4.07. The molecule has 0 spiro atoms. The predicted molar refractivity (Wildman–Crippen MR) is 70.5 cm³/mol. The molecule has 7 nitrogen and oxygen atoms in total. The summed E-state index contributed by atoms with van der Waals surface area (Å²) in [5.41, 5.74) is -0.624. The minimum Gasteiger partial charge on any atom is -0.444 e. The zero-order chi connectivity index (χ0) is 15.1. The Labute approximate surface area is 113 Å². The number of rotatable bonds is 5. The van der Waals surface area contributed by atoms with Crippen LogP contribution in [-0.4, -0.2) is 42.6 Å². The molecule has 0 aliphatic heterocycles. The lowest BCUT2D eigenvalue weighted by Crippen LogP contribution is -2.48. The van der Waals surface area contributed by atoms with Crippen LogP contribution in [-0.2, 0) is 14.3 Å². The van der Waals surface area contributed by atoms with E-state index in [-0.39, 0.29) is 12.5 Å². The fourth-order valence-electron chi connectivity index (χ4n) is 1.13. The number of amides is 3. The van der Waals surface area contributed by atoms with Crippen molar-refractivity contribution in [1.29, 1.82) is 0 Å². The molecule has 3 N–H and O–H groups in total. The molecule has 19 heavy (non-hydrogen) atoms. The van der Waals surface area contributed by atoms with E-state index in [1.54, 1.807) is 27.7 Å². The minimum atomic E-state index is -0.774. The quantitative estimate of drug-likeness (QED) is 0.664. The van der Waals surface area contributed by atoms with Gasteiger partial charge in [0.1, 0.15) is 11.6 Å². The van der Waals surface area contributed by atoms with Crippen molar-refractivity contribution in [3.05, 3.63) is 0 Å². The molecular weight excluding hydrogens is 250 g/mol. The molecule has 0 aliphatic rings. The van der Waals surface area contributed by atoms with Crippen LogP contribution < -0.4 is 16.0 Å². The smallest absolute Gasteiger partial charge is 0.408 e. The average Bonchev–Trinajstić information content (AvgIpc) is 2.23. The van der Waals surface area contributed by atoms with E-state index >= 15 is 0 Å². The highest BCUT2D eigenvalue weighted by Gasteiger charge is 2.21. The first-order valence-electron chi connectivity index (χ1n) is 6.19. The molecule has 0 unspecified atom stereocenters. The molecule has 0 radical (unpaired) electrons. The Hall–Kier alpha value is -1.79. The maximum atomic E-state index is 11.6. The Kier molecular flexibility index (Phi) is 6.89. The first kappa shape index (κ1) is 17.2. The topological polar surface area (TPSA) is 96.5 Å². The first-order chi connectivity index (χ1) is 8.65. The van der Waals surface area contributed by atoms with Gasteiger partial charge in [0.2, 0.25) is 11.8 Å². The SMILES string of the molecule is CCNC(=O)CNC(=O)[C@H](C)NC(=O)OC(C)(C)C. The highest BCUT2D eigenvalue weighted by atomic mass is 16.6. The molecule has 110 valence electrons. The van der Waals surface area contributed by atoms with Gasteiger partial charge in [-0.05, 0) is 34.6 Å². The van der Waals surface area contributed by atoms with Crippen LogP contribution in [0.1, 0.15) is 34.6 Å². The summed E-state index contributed by atoms with van der Waals surface area (Å²) in [7, 11) is 0. The van der Waals surface area contributed by atoms with Crippen LogP contribution in [0.15, 0.2) is 0 Å². The Morgan fingerprint density at radius 3 is 2.21 bits per heavy atom. The Morgan fingerprint density at radius 1 is 1.16 bits per heavy atom. The maximum absolute atomic E-state index is 11.6. The van der Waals surface area contributed by atoms with Gasteiger partial charge in [-0.25, -0.2) is 4.79 Å². The molecule has 0 fully saturated rings. The highest BCUT2D eigenvalue weighted by molar-refractivity contribution is 5.89. The van der Waals surface area contributed by atoms with E-state index in [0.29, 0.717) is 6.54 Å². The predicted octanol–water partition coefficient (Wildman–Crippen LogP) is 0.152. The Morgan fingerprint density at radius 2 is 1.74 bits per heavy atom. The second kappa shape index (κ2) is 7.60. The number of carbonyl (C=O) groups excluding carboxylic acids is 3. The zero-order valence-electron chi connectivity index (χ0n) is 12.1. The number of likely N-dealkylation sites (N-methyl/N-ethyl adjacent to an activating group) is 1. The van der Waals surface area contributed by atoms with E-state index in [9.17, 15) is 14.4 Å². The lowest BCUT2D eigenvalue weighted by molar-refractivity contribution is -0.127. The standard InChI is InChI=1S/C12H23N3O4/c1-6-13-9(16)7-14-10(17)8(2)15-11(18)19-12(3,4)5/h8H,6-7H2,1-5H3,(H,13,16)(H,14,17)(H,15,18)/t8-/m0/s1. The lowest BCUT2D eigenvalue weighted by atomic mass is 10.2. The fraction of sp³-hybridized carbons (Fsp3) is 0.750. The van der Waals surface area contributed by atoms with E-state index in [1.807, 2.05) is 0 Å². The molecule has 0 aromatic carbocycles. The van der Waals surface area contributed by atoms with Crippen LogP contribution in [0.4, 0.5) is 4.79 Å². The normalized spacial score (nSPS) is 12.3. The monoisotopic (exact) mass is 273 g/mol. The minimum absolute atomic E-state index is 0.118. The molecule has 1 atom stereocenters. The number of ether oxygens (including phenoxy) is 1. The van der Waals surface area contributed by atoms with Crippen LogP contribution in [0, 0.1) is 0 Å². The van der Waals surface area contributed by atoms with Crippen LogP contribution in [0.2, 0.25) is 0 Å². The molecule has 0 bridgehead atoms. The van der Waals surface area contributed by atoms with Gasteiger partial charge >= 0.3 is 6.09 Å². The first-order valence-corrected chi connectivity index (χ1v) is 6.19. The van der Waals surface area contributed by atoms with Crippen molar-refractivity contribution in [1.82, 2.24) is 16.0 Å². The van der Waals surface area contributed by atoms with Crippen molar-refractivity contribution in [3.8, 4) is 0 Å². The van der Waals surface area contributed by atoms with Gasteiger partial charge in [-0.2, -0.15) is 0 Å². The molecule has 0 saturated heterocycles. The third-order valence-corrected chi connectivity index (χ3v) is 1.92. The number of alkyl carbamates (subject to hydrolysis) is 1. The van der Waals surface area contributed by atoms with Crippen LogP contribution in [0.3, 0.4) is 0 Å². The van der Waals surface area contributed by atoms with Crippen LogP contribution in [0.25, 0.3) is 0 Å². The molecule has 7 heteroatoms. The van der Waals surface area contributed by atoms with E-state index in [2.05, 4.69) is 16.0 Å². The zero-order valence-corrected chi connectivity index (χ0v) is 12.1. The van der Waals surface area contributed by atoms with E-state index in [1.165, 1.54) is 6.92 Å². The average molecular weight is 273 g/mol. The molecule has 3 amide bonds. The summed E-state index contributed by atoms with van der Waals surface area (Å²) in [4.78, 5) is 34.2. The summed E-state index contributed by atoms with van der Waals surface area (Å²) in [6.45, 7) is 8.86. The third kappa shape index (κ3) is 8.87.